The summed E-state index contributed by atoms with van der Waals surface area (Å²) < 4.78 is 0. The third-order valence-corrected chi connectivity index (χ3v) is 0.936. The van der Waals surface area contributed by atoms with Crippen LogP contribution in [0, 0.1) is 0 Å². The van der Waals surface area contributed by atoms with Crippen molar-refractivity contribution in [2.24, 2.45) is 0 Å². The second-order valence-corrected chi connectivity index (χ2v) is 2.97. The molecule has 0 radical (unpaired) electrons. The summed E-state index contributed by atoms with van der Waals surface area (Å²) in [7, 11) is 0. The smallest absolute Gasteiger partial charge is 0.217 e. The van der Waals surface area contributed by atoms with Gasteiger partial charge in [0.1, 0.15) is 0 Å². The minimum absolute atomic E-state index is 0.792. The molecule has 0 aliphatic carbocycles. The number of amides is 1. The van der Waals surface area contributed by atoms with Gasteiger partial charge in [0.15, 0.2) is 0 Å². The molecule has 0 bridgehead atoms. The van der Waals surface area contributed by atoms with Crippen LogP contribution in [0.1, 0.15) is 27.7 Å². The summed E-state index contributed by atoms with van der Waals surface area (Å²) in [5.41, 5.74) is 2.21. The Balaban J connectivity index is 4.31. The quantitative estimate of drug-likeness (QED) is 0.570. The van der Waals surface area contributed by atoms with E-state index in [1.54, 1.807) is 12.4 Å². The summed E-state index contributed by atoms with van der Waals surface area (Å²) in [6.45, 7) is 7.81. The molecule has 0 aliphatic heterocycles. The molecule has 2 nitrogen and oxygen atoms in total. The number of allylic oxidation sites excluding steroid dienone is 2. The van der Waals surface area contributed by atoms with Gasteiger partial charge in [0, 0.05) is 12.4 Å². The van der Waals surface area contributed by atoms with Gasteiger partial charge in [-0.25, -0.2) is 0 Å². The molecule has 0 aromatic carbocycles. The highest BCUT2D eigenvalue weighted by Crippen LogP contribution is 1.98. The molecule has 0 fully saturated rings. The molecule has 0 spiro atoms. The molecule has 0 aromatic heterocycles. The predicted octanol–water partition coefficient (Wildman–Crippen LogP) is 2.29. The zero-order valence-corrected chi connectivity index (χ0v) is 7.59. The summed E-state index contributed by atoms with van der Waals surface area (Å²) in [6.07, 6.45) is 4.38. The summed E-state index contributed by atoms with van der Waals surface area (Å²) in [5, 5.41) is 0. The fourth-order valence-electron chi connectivity index (χ4n) is 0.694. The van der Waals surface area contributed by atoms with Gasteiger partial charge in [-0.15, -0.1) is 0 Å². The maximum atomic E-state index is 10.4. The molecule has 0 heterocycles. The molecule has 0 unspecified atom stereocenters. The first kappa shape index (κ1) is 9.95. The standard InChI is InChI=1S/C9H15NO/c1-8(2)5-10(7-11)6-9(3)4/h5-7H,1-4H3. The zero-order chi connectivity index (χ0) is 8.85. The van der Waals surface area contributed by atoms with Crippen LogP contribution in [0.5, 0.6) is 0 Å². The lowest BCUT2D eigenvalue weighted by atomic mass is 10.3. The van der Waals surface area contributed by atoms with Crippen LogP contribution >= 0.6 is 0 Å². The van der Waals surface area contributed by atoms with Crippen LogP contribution in [-0.4, -0.2) is 11.3 Å². The first-order valence-electron chi connectivity index (χ1n) is 3.59. The third kappa shape index (κ3) is 5.40. The average Bonchev–Trinajstić information content (AvgIpc) is 1.84. The molecule has 0 rings (SSSR count). The van der Waals surface area contributed by atoms with E-state index in [0.717, 1.165) is 17.6 Å². The van der Waals surface area contributed by atoms with Gasteiger partial charge in [0.05, 0.1) is 0 Å². The van der Waals surface area contributed by atoms with Crippen molar-refractivity contribution < 1.29 is 4.79 Å². The van der Waals surface area contributed by atoms with E-state index in [1.165, 1.54) is 4.90 Å². The van der Waals surface area contributed by atoms with E-state index in [4.69, 9.17) is 0 Å². The Morgan fingerprint density at radius 2 is 1.36 bits per heavy atom. The van der Waals surface area contributed by atoms with Crippen molar-refractivity contribution in [2.45, 2.75) is 27.7 Å². The monoisotopic (exact) mass is 153 g/mol. The Bertz CT molecular complexity index is 166. The van der Waals surface area contributed by atoms with Crippen molar-refractivity contribution in [3.05, 3.63) is 23.5 Å². The lowest BCUT2D eigenvalue weighted by Crippen LogP contribution is -2.06. The summed E-state index contributed by atoms with van der Waals surface area (Å²) >= 11 is 0. The van der Waals surface area contributed by atoms with Gasteiger partial charge in [0.25, 0.3) is 0 Å². The second kappa shape index (κ2) is 4.72. The van der Waals surface area contributed by atoms with Crippen LogP contribution in [0.25, 0.3) is 0 Å². The number of rotatable bonds is 3. The van der Waals surface area contributed by atoms with E-state index >= 15 is 0 Å². The molecule has 0 atom stereocenters. The lowest BCUT2D eigenvalue weighted by Gasteiger charge is -2.06. The maximum Gasteiger partial charge on any atom is 0.217 e. The average molecular weight is 153 g/mol. The Morgan fingerprint density at radius 1 is 1.00 bits per heavy atom. The fraction of sp³-hybridized carbons (Fsp3) is 0.444. The van der Waals surface area contributed by atoms with Crippen molar-refractivity contribution in [3.63, 3.8) is 0 Å². The minimum Gasteiger partial charge on any atom is -0.297 e. The number of carbonyl (C=O) groups excluding carboxylic acids is 1. The summed E-state index contributed by atoms with van der Waals surface area (Å²) in [5.74, 6) is 0. The number of hydrogen-bond acceptors (Lipinski definition) is 1. The Kier molecular flexibility index (Phi) is 4.27. The normalized spacial score (nSPS) is 8.36. The molecule has 0 saturated carbocycles. The number of nitrogens with zero attached hydrogens (tertiary/aromatic N) is 1. The van der Waals surface area contributed by atoms with Crippen LogP contribution in [0.15, 0.2) is 23.5 Å². The van der Waals surface area contributed by atoms with Crippen molar-refractivity contribution in [1.82, 2.24) is 4.90 Å². The van der Waals surface area contributed by atoms with Crippen LogP contribution in [0.2, 0.25) is 0 Å². The molecule has 0 aliphatic rings. The molecule has 1 amide bonds. The van der Waals surface area contributed by atoms with Crippen molar-refractivity contribution in [2.75, 3.05) is 0 Å². The van der Waals surface area contributed by atoms with Gasteiger partial charge in [-0.2, -0.15) is 0 Å². The van der Waals surface area contributed by atoms with Crippen molar-refractivity contribution in [1.29, 1.82) is 0 Å². The Hall–Kier alpha value is -1.05. The highest BCUT2D eigenvalue weighted by Gasteiger charge is 1.90. The van der Waals surface area contributed by atoms with Gasteiger partial charge in [-0.1, -0.05) is 11.1 Å². The van der Waals surface area contributed by atoms with E-state index in [2.05, 4.69) is 0 Å². The van der Waals surface area contributed by atoms with Gasteiger partial charge >= 0.3 is 0 Å². The van der Waals surface area contributed by atoms with Gasteiger partial charge < -0.3 is 0 Å². The van der Waals surface area contributed by atoms with E-state index in [9.17, 15) is 4.79 Å². The van der Waals surface area contributed by atoms with Gasteiger partial charge in [-0.3, -0.25) is 9.69 Å². The minimum atomic E-state index is 0.792. The van der Waals surface area contributed by atoms with Crippen LogP contribution in [0.3, 0.4) is 0 Å². The molecule has 0 aromatic rings. The molecular formula is C9H15NO. The Morgan fingerprint density at radius 3 is 1.55 bits per heavy atom. The fourth-order valence-corrected chi connectivity index (χ4v) is 0.694. The summed E-state index contributed by atoms with van der Waals surface area (Å²) in [4.78, 5) is 11.9. The topological polar surface area (TPSA) is 20.3 Å². The van der Waals surface area contributed by atoms with Gasteiger partial charge in [-0.05, 0) is 27.7 Å². The first-order chi connectivity index (χ1) is 5.06. The second-order valence-electron chi connectivity index (χ2n) is 2.97. The molecule has 0 saturated heterocycles. The highest BCUT2D eigenvalue weighted by molar-refractivity contribution is 5.51. The first-order valence-corrected chi connectivity index (χ1v) is 3.59. The zero-order valence-electron chi connectivity index (χ0n) is 7.59. The van der Waals surface area contributed by atoms with Crippen LogP contribution < -0.4 is 0 Å². The van der Waals surface area contributed by atoms with E-state index in [0.29, 0.717) is 0 Å². The number of hydrogen-bond donors (Lipinski definition) is 0. The maximum absolute atomic E-state index is 10.4. The molecule has 2 heteroatoms. The molecule has 0 N–H and O–H groups in total. The van der Waals surface area contributed by atoms with E-state index in [-0.39, 0.29) is 0 Å². The van der Waals surface area contributed by atoms with Crippen molar-refractivity contribution >= 4 is 6.41 Å². The molecule has 11 heavy (non-hydrogen) atoms. The van der Waals surface area contributed by atoms with Crippen LogP contribution in [0.4, 0.5) is 0 Å². The Labute approximate surface area is 68.2 Å². The SMILES string of the molecule is CC(C)=CN(C=O)C=C(C)C. The van der Waals surface area contributed by atoms with E-state index in [1.807, 2.05) is 27.7 Å². The largest absolute Gasteiger partial charge is 0.297 e. The van der Waals surface area contributed by atoms with Crippen molar-refractivity contribution in [3.8, 4) is 0 Å². The lowest BCUT2D eigenvalue weighted by molar-refractivity contribution is -0.114. The van der Waals surface area contributed by atoms with Crippen LogP contribution in [-0.2, 0) is 4.79 Å². The van der Waals surface area contributed by atoms with Gasteiger partial charge in [0.2, 0.25) is 6.41 Å². The molecular weight excluding hydrogens is 138 g/mol. The number of carbonyl (C=O) groups is 1. The summed E-state index contributed by atoms with van der Waals surface area (Å²) in [6, 6.07) is 0. The predicted molar refractivity (Wildman–Crippen MR) is 46.8 cm³/mol. The third-order valence-electron chi connectivity index (χ3n) is 0.936. The highest BCUT2D eigenvalue weighted by atomic mass is 16.1. The van der Waals surface area contributed by atoms with E-state index < -0.39 is 0 Å². The molecule has 62 valence electrons.